The normalized spacial score (nSPS) is 16.7. The molecule has 2 aliphatic rings. The Morgan fingerprint density at radius 3 is 2.68 bits per heavy atom. The number of amides is 2. The monoisotopic (exact) mass is 433 g/mol. The lowest BCUT2D eigenvalue weighted by Crippen LogP contribution is -2.41. The highest BCUT2D eigenvalue weighted by Gasteiger charge is 2.40. The Labute approximate surface area is 174 Å². The van der Waals surface area contributed by atoms with Gasteiger partial charge in [0, 0.05) is 37.1 Å². The van der Waals surface area contributed by atoms with E-state index >= 15 is 0 Å². The van der Waals surface area contributed by atoms with Crippen LogP contribution in [0.3, 0.4) is 0 Å². The molecule has 162 valence electrons. The summed E-state index contributed by atoms with van der Waals surface area (Å²) < 4.78 is 52.5. The molecule has 2 aliphatic heterocycles. The van der Waals surface area contributed by atoms with Gasteiger partial charge in [-0.25, -0.2) is 14.8 Å². The Kier molecular flexibility index (Phi) is 4.60. The zero-order valence-corrected chi connectivity index (χ0v) is 16.2. The van der Waals surface area contributed by atoms with E-state index in [1.54, 1.807) is 29.2 Å². The number of piperidine rings is 1. The van der Waals surface area contributed by atoms with Crippen molar-refractivity contribution in [3.05, 3.63) is 42.4 Å². The van der Waals surface area contributed by atoms with E-state index in [1.165, 1.54) is 16.8 Å². The van der Waals surface area contributed by atoms with Gasteiger partial charge in [-0.05, 0) is 37.1 Å². The summed E-state index contributed by atoms with van der Waals surface area (Å²) in [5.74, 6) is 0.209. The topological polar surface area (TPSA) is 81.5 Å². The van der Waals surface area contributed by atoms with Crippen LogP contribution in [0.1, 0.15) is 24.7 Å². The lowest BCUT2D eigenvalue weighted by Gasteiger charge is -2.33. The third-order valence-corrected chi connectivity index (χ3v) is 5.44. The zero-order valence-electron chi connectivity index (χ0n) is 16.2. The number of ether oxygens (including phenoxy) is 2. The van der Waals surface area contributed by atoms with Crippen LogP contribution in [0.15, 0.2) is 36.5 Å². The molecule has 2 amide bonds. The number of anilines is 1. The molecule has 2 aromatic heterocycles. The van der Waals surface area contributed by atoms with Crippen molar-refractivity contribution in [3.8, 4) is 11.5 Å². The Hall–Kier alpha value is -3.50. The van der Waals surface area contributed by atoms with Gasteiger partial charge < -0.3 is 24.3 Å². The maximum atomic E-state index is 13.6. The molecule has 0 aliphatic carbocycles. The van der Waals surface area contributed by atoms with Crippen molar-refractivity contribution < 1.29 is 27.4 Å². The number of pyridine rings is 1. The van der Waals surface area contributed by atoms with Crippen LogP contribution in [-0.2, 0) is 6.18 Å². The van der Waals surface area contributed by atoms with Gasteiger partial charge in [0.15, 0.2) is 17.1 Å². The molecule has 1 N–H and O–H groups in total. The number of urea groups is 1. The summed E-state index contributed by atoms with van der Waals surface area (Å²) in [6.45, 7) is 0.758. The first-order valence-electron chi connectivity index (χ1n) is 9.76. The highest BCUT2D eigenvalue weighted by Crippen LogP contribution is 2.37. The van der Waals surface area contributed by atoms with Gasteiger partial charge in [-0.2, -0.15) is 13.2 Å². The number of nitrogens with zero attached hydrogens (tertiary/aromatic N) is 4. The second-order valence-corrected chi connectivity index (χ2v) is 7.37. The number of halogens is 3. The fraction of sp³-hybridized carbons (Fsp3) is 0.350. The number of hydrogen-bond acceptors (Lipinski definition) is 5. The Balaban J connectivity index is 1.30. The van der Waals surface area contributed by atoms with E-state index in [4.69, 9.17) is 9.47 Å². The standard InChI is InChI=1S/C20H18F3N5O3/c21-20(22,23)18-26-14-2-1-7-24-17(14)28(18)13-5-8-27(9-6-13)19(29)25-12-3-4-15-16(10-12)31-11-30-15/h1-4,7,10,13H,5-6,8-9,11H2,(H,25,29). The number of rotatable bonds is 2. The van der Waals surface area contributed by atoms with Crippen molar-refractivity contribution in [2.75, 3.05) is 25.2 Å². The molecule has 11 heteroatoms. The fourth-order valence-electron chi connectivity index (χ4n) is 3.98. The van der Waals surface area contributed by atoms with Crippen molar-refractivity contribution in [1.82, 2.24) is 19.4 Å². The number of carbonyl (C=O) groups is 1. The molecule has 31 heavy (non-hydrogen) atoms. The fourth-order valence-corrected chi connectivity index (χ4v) is 3.98. The van der Waals surface area contributed by atoms with Crippen molar-refractivity contribution in [2.24, 2.45) is 0 Å². The largest absolute Gasteiger partial charge is 0.454 e. The molecule has 0 bridgehead atoms. The number of alkyl halides is 3. The van der Waals surface area contributed by atoms with Gasteiger partial charge >= 0.3 is 12.2 Å². The quantitative estimate of drug-likeness (QED) is 0.660. The summed E-state index contributed by atoms with van der Waals surface area (Å²) in [6, 6.07) is 7.39. The van der Waals surface area contributed by atoms with Gasteiger partial charge in [0.1, 0.15) is 5.52 Å². The van der Waals surface area contributed by atoms with Gasteiger partial charge in [0.05, 0.1) is 0 Å². The molecule has 0 radical (unpaired) electrons. The van der Waals surface area contributed by atoms with E-state index in [0.29, 0.717) is 43.1 Å². The van der Waals surface area contributed by atoms with Crippen LogP contribution >= 0.6 is 0 Å². The molecular weight excluding hydrogens is 415 g/mol. The zero-order chi connectivity index (χ0) is 21.6. The number of nitrogens with one attached hydrogen (secondary N) is 1. The van der Waals surface area contributed by atoms with E-state index in [0.717, 1.165) is 0 Å². The van der Waals surface area contributed by atoms with Crippen LogP contribution in [0.5, 0.6) is 11.5 Å². The number of likely N-dealkylation sites (tertiary alicyclic amines) is 1. The molecular formula is C20H18F3N5O3. The smallest absolute Gasteiger partial charge is 0.449 e. The van der Waals surface area contributed by atoms with Crippen molar-refractivity contribution in [3.63, 3.8) is 0 Å². The average molecular weight is 433 g/mol. The van der Waals surface area contributed by atoms with Crippen LogP contribution in [0.2, 0.25) is 0 Å². The first-order chi connectivity index (χ1) is 14.9. The van der Waals surface area contributed by atoms with E-state index in [-0.39, 0.29) is 24.0 Å². The predicted molar refractivity (Wildman–Crippen MR) is 104 cm³/mol. The Morgan fingerprint density at radius 2 is 1.90 bits per heavy atom. The second kappa shape index (κ2) is 7.33. The Bertz CT molecular complexity index is 1140. The predicted octanol–water partition coefficient (Wildman–Crippen LogP) is 4.05. The van der Waals surface area contributed by atoms with Gasteiger partial charge in [-0.3, -0.25) is 0 Å². The van der Waals surface area contributed by atoms with Crippen LogP contribution in [0.4, 0.5) is 23.7 Å². The van der Waals surface area contributed by atoms with Gasteiger partial charge in [-0.15, -0.1) is 0 Å². The molecule has 1 saturated heterocycles. The average Bonchev–Trinajstić information content (AvgIpc) is 3.38. The second-order valence-electron chi connectivity index (χ2n) is 7.37. The van der Waals surface area contributed by atoms with Crippen LogP contribution in [-0.4, -0.2) is 45.3 Å². The highest BCUT2D eigenvalue weighted by molar-refractivity contribution is 5.89. The molecule has 8 nitrogen and oxygen atoms in total. The third-order valence-electron chi connectivity index (χ3n) is 5.44. The van der Waals surface area contributed by atoms with E-state index in [2.05, 4.69) is 15.3 Å². The lowest BCUT2D eigenvalue weighted by molar-refractivity contribution is -0.147. The number of carbonyl (C=O) groups excluding carboxylic acids is 1. The number of aromatic nitrogens is 3. The van der Waals surface area contributed by atoms with Crippen LogP contribution in [0, 0.1) is 0 Å². The summed E-state index contributed by atoms with van der Waals surface area (Å²) in [7, 11) is 0. The van der Waals surface area contributed by atoms with E-state index in [9.17, 15) is 18.0 Å². The first-order valence-corrected chi connectivity index (χ1v) is 9.76. The molecule has 0 spiro atoms. The van der Waals surface area contributed by atoms with Crippen molar-refractivity contribution in [2.45, 2.75) is 25.1 Å². The first kappa shape index (κ1) is 19.5. The summed E-state index contributed by atoms with van der Waals surface area (Å²) in [5.41, 5.74) is 0.969. The van der Waals surface area contributed by atoms with Crippen molar-refractivity contribution >= 4 is 22.9 Å². The summed E-state index contributed by atoms with van der Waals surface area (Å²) in [5, 5.41) is 2.80. The molecule has 0 unspecified atom stereocenters. The molecule has 1 fully saturated rings. The number of benzene rings is 1. The van der Waals surface area contributed by atoms with Gasteiger partial charge in [0.25, 0.3) is 0 Å². The minimum absolute atomic E-state index is 0.137. The van der Waals surface area contributed by atoms with Crippen LogP contribution in [0.25, 0.3) is 11.2 Å². The lowest BCUT2D eigenvalue weighted by atomic mass is 10.0. The maximum absolute atomic E-state index is 13.6. The number of imidazole rings is 1. The van der Waals surface area contributed by atoms with Gasteiger partial charge in [0.2, 0.25) is 12.6 Å². The maximum Gasteiger partial charge on any atom is 0.449 e. The minimum atomic E-state index is -4.59. The molecule has 0 saturated carbocycles. The van der Waals surface area contributed by atoms with E-state index < -0.39 is 18.0 Å². The molecule has 1 aromatic carbocycles. The summed E-state index contributed by atoms with van der Waals surface area (Å²) in [4.78, 5) is 22.1. The Morgan fingerprint density at radius 1 is 1.13 bits per heavy atom. The summed E-state index contributed by atoms with van der Waals surface area (Å²) >= 11 is 0. The molecule has 3 aromatic rings. The molecule has 4 heterocycles. The van der Waals surface area contributed by atoms with Gasteiger partial charge in [-0.1, -0.05) is 0 Å². The summed E-state index contributed by atoms with van der Waals surface area (Å²) in [6.07, 6.45) is -2.41. The minimum Gasteiger partial charge on any atom is -0.454 e. The van der Waals surface area contributed by atoms with Crippen LogP contribution < -0.4 is 14.8 Å². The molecule has 0 atom stereocenters. The SMILES string of the molecule is O=C(Nc1ccc2c(c1)OCO2)N1CCC(n2c(C(F)(F)F)nc3cccnc32)CC1. The third kappa shape index (κ3) is 3.60. The number of fused-ring (bicyclic) bond motifs is 2. The highest BCUT2D eigenvalue weighted by atomic mass is 19.4. The van der Waals surface area contributed by atoms with Crippen molar-refractivity contribution in [1.29, 1.82) is 0 Å². The molecule has 5 rings (SSSR count). The number of hydrogen-bond donors (Lipinski definition) is 1. The van der Waals surface area contributed by atoms with E-state index in [1.807, 2.05) is 0 Å².